The van der Waals surface area contributed by atoms with Crippen LogP contribution in [-0.4, -0.2) is 22.2 Å². The number of aromatic carboxylic acids is 1. The number of oxazole rings is 1. The van der Waals surface area contributed by atoms with Crippen LogP contribution in [0.3, 0.4) is 0 Å². The number of carbonyl (C=O) groups is 1. The van der Waals surface area contributed by atoms with E-state index in [0.717, 1.165) is 60.9 Å². The smallest absolute Gasteiger partial charge is 0.336 e. The van der Waals surface area contributed by atoms with Gasteiger partial charge < -0.3 is 14.3 Å². The molecule has 2 atom stereocenters. The van der Waals surface area contributed by atoms with Crippen LogP contribution in [0.25, 0.3) is 11.5 Å². The van der Waals surface area contributed by atoms with E-state index in [0.29, 0.717) is 24.0 Å². The Kier molecular flexibility index (Phi) is 7.00. The van der Waals surface area contributed by atoms with Crippen molar-refractivity contribution in [2.75, 3.05) is 0 Å². The van der Waals surface area contributed by atoms with E-state index in [-0.39, 0.29) is 11.9 Å². The van der Waals surface area contributed by atoms with Crippen LogP contribution < -0.4 is 0 Å². The highest BCUT2D eigenvalue weighted by molar-refractivity contribution is 5.91. The fraction of sp³-hybridized carbons (Fsp3) is 0.385. The lowest BCUT2D eigenvalue weighted by Crippen LogP contribution is -2.23. The van der Waals surface area contributed by atoms with E-state index < -0.39 is 5.97 Å². The van der Waals surface area contributed by atoms with Crippen molar-refractivity contribution in [2.45, 2.75) is 58.2 Å². The van der Waals surface area contributed by atoms with E-state index in [9.17, 15) is 14.3 Å². The fourth-order valence-corrected chi connectivity index (χ4v) is 4.56. The highest BCUT2D eigenvalue weighted by atomic mass is 19.1. The monoisotopic (exact) mass is 437 g/mol. The number of carboxylic acid groups (broad SMARTS) is 1. The number of ether oxygens (including phenoxy) is 1. The molecule has 3 aromatic rings. The zero-order valence-electron chi connectivity index (χ0n) is 18.2. The van der Waals surface area contributed by atoms with Crippen molar-refractivity contribution in [3.8, 4) is 11.5 Å². The van der Waals surface area contributed by atoms with Gasteiger partial charge in [0.1, 0.15) is 17.8 Å². The van der Waals surface area contributed by atoms with Crippen LogP contribution in [0.1, 0.15) is 59.3 Å². The second-order valence-corrected chi connectivity index (χ2v) is 8.57. The predicted octanol–water partition coefficient (Wildman–Crippen LogP) is 6.20. The lowest BCUT2D eigenvalue weighted by molar-refractivity contribution is -0.000266. The molecule has 2 aromatic carbocycles. The first-order chi connectivity index (χ1) is 15.5. The first-order valence-electron chi connectivity index (χ1n) is 11.1. The van der Waals surface area contributed by atoms with E-state index in [1.807, 2.05) is 25.1 Å². The number of aryl methyl sites for hydroxylation is 2. The number of rotatable bonds is 8. The predicted molar refractivity (Wildman–Crippen MR) is 119 cm³/mol. The van der Waals surface area contributed by atoms with Crippen LogP contribution in [0, 0.1) is 18.7 Å². The summed E-state index contributed by atoms with van der Waals surface area (Å²) in [5.74, 6) is -0.173. The quantitative estimate of drug-likeness (QED) is 0.454. The Balaban J connectivity index is 1.29. The molecular formula is C26H28FNO4. The van der Waals surface area contributed by atoms with Crippen molar-refractivity contribution in [1.29, 1.82) is 0 Å². The third-order valence-corrected chi connectivity index (χ3v) is 6.24. The van der Waals surface area contributed by atoms with Crippen LogP contribution in [0.2, 0.25) is 0 Å². The number of benzene rings is 2. The molecule has 0 amide bonds. The van der Waals surface area contributed by atoms with Crippen LogP contribution in [0.15, 0.2) is 53.1 Å². The van der Waals surface area contributed by atoms with Gasteiger partial charge in [0.15, 0.2) is 0 Å². The van der Waals surface area contributed by atoms with Gasteiger partial charge in [-0.1, -0.05) is 31.0 Å². The number of halogens is 1. The van der Waals surface area contributed by atoms with E-state index in [4.69, 9.17) is 9.15 Å². The molecule has 5 nitrogen and oxygen atoms in total. The third-order valence-electron chi connectivity index (χ3n) is 6.24. The SMILES string of the molecule is Cc1cccc(CC[C@@H]2CCC[C@H](OCc3coc(-c4ccc(F)cc4)n3)C2)c1C(=O)O. The van der Waals surface area contributed by atoms with Gasteiger partial charge in [-0.3, -0.25) is 0 Å². The molecule has 1 aliphatic carbocycles. The summed E-state index contributed by atoms with van der Waals surface area (Å²) in [6.07, 6.45) is 7.72. The molecule has 1 saturated carbocycles. The van der Waals surface area contributed by atoms with Gasteiger partial charge in [0.2, 0.25) is 5.89 Å². The number of hydrogen-bond donors (Lipinski definition) is 1. The van der Waals surface area contributed by atoms with Gasteiger partial charge in [-0.15, -0.1) is 0 Å². The van der Waals surface area contributed by atoms with Crippen molar-refractivity contribution in [1.82, 2.24) is 4.98 Å². The standard InChI is InChI=1S/C26H28FNO4/c1-17-4-2-6-19(24(17)26(29)30)9-8-18-5-3-7-23(14-18)31-15-22-16-32-25(28-22)20-10-12-21(27)13-11-20/h2,4,6,10-13,16,18,23H,3,5,7-9,14-15H2,1H3,(H,29,30)/t18-,23-/m0/s1. The summed E-state index contributed by atoms with van der Waals surface area (Å²) in [6, 6.07) is 11.8. The Morgan fingerprint density at radius 3 is 2.81 bits per heavy atom. The third kappa shape index (κ3) is 5.43. The summed E-state index contributed by atoms with van der Waals surface area (Å²) >= 11 is 0. The number of hydrogen-bond acceptors (Lipinski definition) is 4. The van der Waals surface area contributed by atoms with Gasteiger partial charge in [-0.05, 0) is 73.9 Å². The van der Waals surface area contributed by atoms with Gasteiger partial charge in [-0.2, -0.15) is 0 Å². The lowest BCUT2D eigenvalue weighted by Gasteiger charge is -2.29. The topological polar surface area (TPSA) is 72.6 Å². The van der Waals surface area contributed by atoms with Crippen LogP contribution >= 0.6 is 0 Å². The molecule has 4 rings (SSSR count). The highest BCUT2D eigenvalue weighted by Crippen LogP contribution is 2.31. The van der Waals surface area contributed by atoms with Crippen molar-refractivity contribution >= 4 is 5.97 Å². The van der Waals surface area contributed by atoms with Crippen LogP contribution in [0.5, 0.6) is 0 Å². The van der Waals surface area contributed by atoms with Crippen molar-refractivity contribution in [3.05, 3.63) is 76.9 Å². The molecule has 1 aromatic heterocycles. The molecule has 32 heavy (non-hydrogen) atoms. The molecular weight excluding hydrogens is 409 g/mol. The Bertz CT molecular complexity index is 1060. The van der Waals surface area contributed by atoms with E-state index in [1.54, 1.807) is 18.4 Å². The lowest BCUT2D eigenvalue weighted by atomic mass is 9.83. The van der Waals surface area contributed by atoms with E-state index in [2.05, 4.69) is 4.98 Å². The summed E-state index contributed by atoms with van der Waals surface area (Å²) in [7, 11) is 0. The summed E-state index contributed by atoms with van der Waals surface area (Å²) in [6.45, 7) is 2.23. The molecule has 0 bridgehead atoms. The number of nitrogens with zero attached hydrogens (tertiary/aromatic N) is 1. The summed E-state index contributed by atoms with van der Waals surface area (Å²) in [4.78, 5) is 16.1. The largest absolute Gasteiger partial charge is 0.478 e. The summed E-state index contributed by atoms with van der Waals surface area (Å²) in [5, 5.41) is 9.54. The van der Waals surface area contributed by atoms with Crippen molar-refractivity contribution < 1.29 is 23.4 Å². The number of carboxylic acids is 1. The van der Waals surface area contributed by atoms with E-state index >= 15 is 0 Å². The van der Waals surface area contributed by atoms with Crippen molar-refractivity contribution in [2.24, 2.45) is 5.92 Å². The molecule has 6 heteroatoms. The van der Waals surface area contributed by atoms with Crippen LogP contribution in [-0.2, 0) is 17.8 Å². The Hall–Kier alpha value is -2.99. The van der Waals surface area contributed by atoms with Gasteiger partial charge in [0.05, 0.1) is 18.3 Å². The Morgan fingerprint density at radius 1 is 1.22 bits per heavy atom. The number of aromatic nitrogens is 1. The zero-order valence-corrected chi connectivity index (χ0v) is 18.2. The first kappa shape index (κ1) is 22.2. The molecule has 1 N–H and O–H groups in total. The highest BCUT2D eigenvalue weighted by Gasteiger charge is 2.24. The summed E-state index contributed by atoms with van der Waals surface area (Å²) < 4.78 is 24.7. The average Bonchev–Trinajstić information content (AvgIpc) is 3.26. The first-order valence-corrected chi connectivity index (χ1v) is 11.1. The second-order valence-electron chi connectivity index (χ2n) is 8.57. The normalized spacial score (nSPS) is 18.6. The van der Waals surface area contributed by atoms with Gasteiger partial charge >= 0.3 is 5.97 Å². The maximum atomic E-state index is 13.1. The molecule has 168 valence electrons. The van der Waals surface area contributed by atoms with E-state index in [1.165, 1.54) is 12.1 Å². The zero-order chi connectivity index (χ0) is 22.5. The Morgan fingerprint density at radius 2 is 2.03 bits per heavy atom. The van der Waals surface area contributed by atoms with Gasteiger partial charge in [0.25, 0.3) is 0 Å². The minimum absolute atomic E-state index is 0.163. The maximum Gasteiger partial charge on any atom is 0.336 e. The Labute approximate surface area is 187 Å². The fourth-order valence-electron chi connectivity index (χ4n) is 4.56. The molecule has 0 saturated heterocycles. The molecule has 1 aliphatic rings. The molecule has 1 fully saturated rings. The molecule has 0 aliphatic heterocycles. The van der Waals surface area contributed by atoms with Crippen LogP contribution in [0.4, 0.5) is 4.39 Å². The van der Waals surface area contributed by atoms with Crippen molar-refractivity contribution in [3.63, 3.8) is 0 Å². The maximum absolute atomic E-state index is 13.1. The summed E-state index contributed by atoms with van der Waals surface area (Å²) in [5.41, 5.74) is 3.62. The minimum atomic E-state index is -0.851. The second kappa shape index (κ2) is 10.1. The van der Waals surface area contributed by atoms with Gasteiger partial charge in [-0.25, -0.2) is 14.2 Å². The average molecular weight is 438 g/mol. The molecule has 1 heterocycles. The van der Waals surface area contributed by atoms with Gasteiger partial charge in [0, 0.05) is 5.56 Å². The molecule has 0 radical (unpaired) electrons. The minimum Gasteiger partial charge on any atom is -0.478 e. The molecule has 0 spiro atoms. The molecule has 0 unspecified atom stereocenters.